The lowest BCUT2D eigenvalue weighted by Crippen LogP contribution is -2.06. The summed E-state index contributed by atoms with van der Waals surface area (Å²) in [5, 5.41) is 0. The molecule has 3 rings (SSSR count). The van der Waals surface area contributed by atoms with Crippen molar-refractivity contribution in [2.75, 3.05) is 18.9 Å². The zero-order valence-corrected chi connectivity index (χ0v) is 8.39. The van der Waals surface area contributed by atoms with Crippen molar-refractivity contribution < 1.29 is 4.74 Å². The average molecular weight is 203 g/mol. The summed E-state index contributed by atoms with van der Waals surface area (Å²) in [6, 6.07) is 5.86. The SMILES string of the molecule is Nc1cccc2cnc(C3CCOC3)n12. The number of nitrogens with zero attached hydrogens (tertiary/aromatic N) is 2. The minimum Gasteiger partial charge on any atom is -0.385 e. The largest absolute Gasteiger partial charge is 0.385 e. The van der Waals surface area contributed by atoms with E-state index >= 15 is 0 Å². The molecule has 2 aromatic heterocycles. The van der Waals surface area contributed by atoms with Crippen molar-refractivity contribution in [3.63, 3.8) is 0 Å². The Bertz CT molecular complexity index is 486. The van der Waals surface area contributed by atoms with Gasteiger partial charge >= 0.3 is 0 Å². The standard InChI is InChI=1S/C11H13N3O/c12-10-3-1-2-9-6-13-11(14(9)10)8-4-5-15-7-8/h1-3,6,8H,4-5,7,12H2. The monoisotopic (exact) mass is 203 g/mol. The minimum absolute atomic E-state index is 0.386. The van der Waals surface area contributed by atoms with E-state index in [4.69, 9.17) is 10.5 Å². The smallest absolute Gasteiger partial charge is 0.120 e. The van der Waals surface area contributed by atoms with Crippen LogP contribution in [0, 0.1) is 0 Å². The van der Waals surface area contributed by atoms with E-state index < -0.39 is 0 Å². The third-order valence-electron chi connectivity index (χ3n) is 2.90. The van der Waals surface area contributed by atoms with E-state index in [0.717, 1.165) is 36.8 Å². The van der Waals surface area contributed by atoms with Gasteiger partial charge < -0.3 is 10.5 Å². The molecule has 15 heavy (non-hydrogen) atoms. The third-order valence-corrected chi connectivity index (χ3v) is 2.90. The quantitative estimate of drug-likeness (QED) is 0.762. The van der Waals surface area contributed by atoms with Crippen LogP contribution in [-0.2, 0) is 4.74 Å². The van der Waals surface area contributed by atoms with E-state index in [1.807, 2.05) is 28.8 Å². The summed E-state index contributed by atoms with van der Waals surface area (Å²) in [5.74, 6) is 2.16. The topological polar surface area (TPSA) is 52.5 Å². The van der Waals surface area contributed by atoms with Gasteiger partial charge in [-0.2, -0.15) is 0 Å². The fourth-order valence-electron chi connectivity index (χ4n) is 2.12. The Labute approximate surface area is 87.7 Å². The number of fused-ring (bicyclic) bond motifs is 1. The highest BCUT2D eigenvalue weighted by Crippen LogP contribution is 2.26. The van der Waals surface area contributed by atoms with Gasteiger partial charge in [-0.3, -0.25) is 4.40 Å². The van der Waals surface area contributed by atoms with E-state index in [1.54, 1.807) is 0 Å². The van der Waals surface area contributed by atoms with Crippen molar-refractivity contribution >= 4 is 11.3 Å². The van der Waals surface area contributed by atoms with Crippen LogP contribution in [0.5, 0.6) is 0 Å². The van der Waals surface area contributed by atoms with Gasteiger partial charge in [-0.1, -0.05) is 6.07 Å². The molecule has 2 aromatic rings. The molecule has 1 atom stereocenters. The first-order chi connectivity index (χ1) is 7.36. The Morgan fingerprint density at radius 2 is 2.40 bits per heavy atom. The van der Waals surface area contributed by atoms with Crippen molar-refractivity contribution in [1.82, 2.24) is 9.38 Å². The first-order valence-corrected chi connectivity index (χ1v) is 5.16. The third kappa shape index (κ3) is 1.29. The number of anilines is 1. The van der Waals surface area contributed by atoms with Crippen LogP contribution in [0.15, 0.2) is 24.4 Å². The predicted octanol–water partition coefficient (Wildman–Crippen LogP) is 1.42. The maximum Gasteiger partial charge on any atom is 0.120 e. The molecule has 0 saturated carbocycles. The molecule has 4 heteroatoms. The lowest BCUT2D eigenvalue weighted by Gasteiger charge is -2.08. The van der Waals surface area contributed by atoms with E-state index in [9.17, 15) is 0 Å². The number of hydrogen-bond donors (Lipinski definition) is 1. The summed E-state index contributed by atoms with van der Waals surface area (Å²) in [7, 11) is 0. The number of nitrogens with two attached hydrogens (primary N) is 1. The van der Waals surface area contributed by atoms with Gasteiger partial charge in [0.05, 0.1) is 18.3 Å². The number of hydrogen-bond acceptors (Lipinski definition) is 3. The number of nitrogen functional groups attached to an aromatic ring is 1. The van der Waals surface area contributed by atoms with Crippen LogP contribution in [0.1, 0.15) is 18.2 Å². The van der Waals surface area contributed by atoms with Crippen LogP contribution < -0.4 is 5.73 Å². The normalized spacial score (nSPS) is 21.2. The number of ether oxygens (including phenoxy) is 1. The molecular weight excluding hydrogens is 190 g/mol. The molecule has 1 fully saturated rings. The molecule has 0 radical (unpaired) electrons. The van der Waals surface area contributed by atoms with Crippen LogP contribution in [0.2, 0.25) is 0 Å². The van der Waals surface area contributed by atoms with Gasteiger partial charge in [-0.15, -0.1) is 0 Å². The van der Waals surface area contributed by atoms with Gasteiger partial charge in [0, 0.05) is 12.5 Å². The number of imidazole rings is 1. The molecule has 0 aliphatic carbocycles. The summed E-state index contributed by atoms with van der Waals surface area (Å²) in [5.41, 5.74) is 7.00. The van der Waals surface area contributed by atoms with E-state index in [2.05, 4.69) is 4.98 Å². The minimum atomic E-state index is 0.386. The highest BCUT2D eigenvalue weighted by molar-refractivity contribution is 5.53. The Morgan fingerprint density at radius 1 is 1.47 bits per heavy atom. The van der Waals surface area contributed by atoms with Crippen LogP contribution in [0.25, 0.3) is 5.52 Å². The second-order valence-electron chi connectivity index (χ2n) is 3.89. The summed E-state index contributed by atoms with van der Waals surface area (Å²) in [4.78, 5) is 4.44. The van der Waals surface area contributed by atoms with Crippen LogP contribution >= 0.6 is 0 Å². The highest BCUT2D eigenvalue weighted by atomic mass is 16.5. The summed E-state index contributed by atoms with van der Waals surface area (Å²) in [6.07, 6.45) is 2.90. The van der Waals surface area contributed by atoms with Gasteiger partial charge in [-0.05, 0) is 18.6 Å². The molecule has 1 aliphatic rings. The van der Waals surface area contributed by atoms with Gasteiger partial charge in [0.1, 0.15) is 11.6 Å². The van der Waals surface area contributed by atoms with Crippen molar-refractivity contribution in [2.24, 2.45) is 0 Å². The van der Waals surface area contributed by atoms with E-state index in [-0.39, 0.29) is 0 Å². The molecular formula is C11H13N3O. The summed E-state index contributed by atoms with van der Waals surface area (Å²) < 4.78 is 7.39. The fourth-order valence-corrected chi connectivity index (χ4v) is 2.12. The van der Waals surface area contributed by atoms with Crippen molar-refractivity contribution in [3.8, 4) is 0 Å². The van der Waals surface area contributed by atoms with Gasteiger partial charge in [0.2, 0.25) is 0 Å². The average Bonchev–Trinajstić information content (AvgIpc) is 2.85. The maximum absolute atomic E-state index is 5.95. The molecule has 1 saturated heterocycles. The molecule has 0 spiro atoms. The lowest BCUT2D eigenvalue weighted by molar-refractivity contribution is 0.193. The van der Waals surface area contributed by atoms with Gasteiger partial charge in [0.25, 0.3) is 0 Å². The molecule has 0 bridgehead atoms. The Kier molecular flexibility index (Phi) is 1.89. The zero-order chi connectivity index (χ0) is 10.3. The number of pyridine rings is 1. The second-order valence-corrected chi connectivity index (χ2v) is 3.89. The highest BCUT2D eigenvalue weighted by Gasteiger charge is 2.22. The number of rotatable bonds is 1. The van der Waals surface area contributed by atoms with E-state index in [1.165, 1.54) is 0 Å². The lowest BCUT2D eigenvalue weighted by atomic mass is 10.1. The fraction of sp³-hybridized carbons (Fsp3) is 0.364. The first kappa shape index (κ1) is 8.73. The van der Waals surface area contributed by atoms with Crippen LogP contribution in [-0.4, -0.2) is 22.6 Å². The van der Waals surface area contributed by atoms with Crippen LogP contribution in [0.3, 0.4) is 0 Å². The molecule has 0 amide bonds. The Hall–Kier alpha value is -1.55. The van der Waals surface area contributed by atoms with Crippen LogP contribution in [0.4, 0.5) is 5.82 Å². The van der Waals surface area contributed by atoms with E-state index in [0.29, 0.717) is 5.92 Å². The molecule has 2 N–H and O–H groups in total. The van der Waals surface area contributed by atoms with Gasteiger partial charge in [-0.25, -0.2) is 4.98 Å². The van der Waals surface area contributed by atoms with Crippen molar-refractivity contribution in [2.45, 2.75) is 12.3 Å². The summed E-state index contributed by atoms with van der Waals surface area (Å²) >= 11 is 0. The van der Waals surface area contributed by atoms with Crippen molar-refractivity contribution in [3.05, 3.63) is 30.2 Å². The van der Waals surface area contributed by atoms with Crippen molar-refractivity contribution in [1.29, 1.82) is 0 Å². The number of aromatic nitrogens is 2. The molecule has 4 nitrogen and oxygen atoms in total. The van der Waals surface area contributed by atoms with Gasteiger partial charge in [0.15, 0.2) is 0 Å². The Morgan fingerprint density at radius 3 is 3.20 bits per heavy atom. The molecule has 0 aromatic carbocycles. The Balaban J connectivity index is 2.18. The summed E-state index contributed by atoms with van der Waals surface area (Å²) in [6.45, 7) is 1.58. The predicted molar refractivity (Wildman–Crippen MR) is 57.8 cm³/mol. The second kappa shape index (κ2) is 3.24. The zero-order valence-electron chi connectivity index (χ0n) is 8.39. The maximum atomic E-state index is 5.95. The first-order valence-electron chi connectivity index (χ1n) is 5.16. The molecule has 3 heterocycles. The molecule has 78 valence electrons. The molecule has 1 unspecified atom stereocenters. The molecule has 1 aliphatic heterocycles.